The van der Waals surface area contributed by atoms with Gasteiger partial charge in [0, 0.05) is 18.3 Å². The fraction of sp³-hybridized carbons (Fsp3) is 0.600. The summed E-state index contributed by atoms with van der Waals surface area (Å²) in [6, 6.07) is 9.59. The van der Waals surface area contributed by atoms with Crippen LogP contribution in [0.5, 0.6) is 0 Å². The normalized spacial score (nSPS) is 25.0. The zero-order valence-electron chi connectivity index (χ0n) is 11.0. The molecular formula is C15H24N2. The van der Waals surface area contributed by atoms with Crippen LogP contribution in [-0.4, -0.2) is 19.1 Å². The maximum Gasteiger partial charge on any atom is 0.0368 e. The molecule has 2 nitrogen and oxygen atoms in total. The number of rotatable bonds is 3. The van der Waals surface area contributed by atoms with Gasteiger partial charge in [-0.2, -0.15) is 0 Å². The molecule has 2 atom stereocenters. The molecule has 0 bridgehead atoms. The molecule has 0 radical (unpaired) electrons. The number of nitrogens with zero attached hydrogens (tertiary/aromatic N) is 1. The highest BCUT2D eigenvalue weighted by Gasteiger charge is 2.24. The Morgan fingerprint density at radius 2 is 1.94 bits per heavy atom. The van der Waals surface area contributed by atoms with Gasteiger partial charge in [0.25, 0.3) is 0 Å². The summed E-state index contributed by atoms with van der Waals surface area (Å²) in [6.07, 6.45) is 3.66. The smallest absolute Gasteiger partial charge is 0.0368 e. The molecular weight excluding hydrogens is 208 g/mol. The molecule has 0 aliphatic carbocycles. The van der Waals surface area contributed by atoms with E-state index in [2.05, 4.69) is 43.0 Å². The molecule has 1 saturated heterocycles. The first-order chi connectivity index (χ1) is 8.22. The molecule has 1 aliphatic heterocycles. The Hall–Kier alpha value is -1.02. The molecule has 0 aromatic heterocycles. The standard InChI is InChI=1S/C15H24N2/c1-12-4-3-11-17(13(12)2)15-7-5-14(6-8-15)9-10-16/h5-8,12-13H,3-4,9-11,16H2,1-2H3. The average molecular weight is 232 g/mol. The van der Waals surface area contributed by atoms with Gasteiger partial charge in [0.2, 0.25) is 0 Å². The van der Waals surface area contributed by atoms with Crippen LogP contribution in [0.25, 0.3) is 0 Å². The summed E-state index contributed by atoms with van der Waals surface area (Å²) in [5.41, 5.74) is 8.28. The van der Waals surface area contributed by atoms with E-state index in [4.69, 9.17) is 5.73 Å². The Balaban J connectivity index is 2.10. The van der Waals surface area contributed by atoms with Crippen molar-refractivity contribution in [3.05, 3.63) is 29.8 Å². The van der Waals surface area contributed by atoms with Crippen molar-refractivity contribution in [3.63, 3.8) is 0 Å². The number of hydrogen-bond acceptors (Lipinski definition) is 2. The molecule has 1 aromatic carbocycles. The second kappa shape index (κ2) is 5.54. The van der Waals surface area contributed by atoms with E-state index in [0.29, 0.717) is 6.04 Å². The largest absolute Gasteiger partial charge is 0.369 e. The van der Waals surface area contributed by atoms with Gasteiger partial charge in [0.05, 0.1) is 0 Å². The van der Waals surface area contributed by atoms with Gasteiger partial charge in [-0.05, 0) is 56.3 Å². The quantitative estimate of drug-likeness (QED) is 0.868. The molecule has 1 aliphatic rings. The van der Waals surface area contributed by atoms with E-state index >= 15 is 0 Å². The van der Waals surface area contributed by atoms with Crippen molar-refractivity contribution < 1.29 is 0 Å². The molecule has 94 valence electrons. The van der Waals surface area contributed by atoms with E-state index in [-0.39, 0.29) is 0 Å². The first kappa shape index (κ1) is 12.4. The van der Waals surface area contributed by atoms with Crippen LogP contribution in [0.2, 0.25) is 0 Å². The third-order valence-corrected chi connectivity index (χ3v) is 4.07. The van der Waals surface area contributed by atoms with Crippen molar-refractivity contribution in [3.8, 4) is 0 Å². The molecule has 1 fully saturated rings. The van der Waals surface area contributed by atoms with Gasteiger partial charge in [0.15, 0.2) is 0 Å². The molecule has 17 heavy (non-hydrogen) atoms. The fourth-order valence-corrected chi connectivity index (χ4v) is 2.72. The van der Waals surface area contributed by atoms with Gasteiger partial charge < -0.3 is 10.6 Å². The van der Waals surface area contributed by atoms with Gasteiger partial charge in [-0.15, -0.1) is 0 Å². The topological polar surface area (TPSA) is 29.3 Å². The van der Waals surface area contributed by atoms with Crippen LogP contribution in [0.3, 0.4) is 0 Å². The summed E-state index contributed by atoms with van der Waals surface area (Å²) in [6.45, 7) is 6.63. The summed E-state index contributed by atoms with van der Waals surface area (Å²) in [7, 11) is 0. The Morgan fingerprint density at radius 1 is 1.24 bits per heavy atom. The molecule has 2 N–H and O–H groups in total. The zero-order chi connectivity index (χ0) is 12.3. The van der Waals surface area contributed by atoms with Crippen molar-refractivity contribution in [2.45, 2.75) is 39.2 Å². The average Bonchev–Trinajstić information content (AvgIpc) is 2.34. The fourth-order valence-electron chi connectivity index (χ4n) is 2.72. The second-order valence-electron chi connectivity index (χ2n) is 5.26. The Bertz CT molecular complexity index is 344. The monoisotopic (exact) mass is 232 g/mol. The molecule has 2 unspecified atom stereocenters. The predicted molar refractivity (Wildman–Crippen MR) is 74.4 cm³/mol. The van der Waals surface area contributed by atoms with Crippen LogP contribution in [0.4, 0.5) is 5.69 Å². The van der Waals surface area contributed by atoms with E-state index < -0.39 is 0 Å². The first-order valence-corrected chi connectivity index (χ1v) is 6.78. The molecule has 2 rings (SSSR count). The second-order valence-corrected chi connectivity index (χ2v) is 5.26. The maximum atomic E-state index is 5.57. The highest BCUT2D eigenvalue weighted by molar-refractivity contribution is 5.49. The number of hydrogen-bond donors (Lipinski definition) is 1. The summed E-state index contributed by atoms with van der Waals surface area (Å²) in [4.78, 5) is 2.54. The van der Waals surface area contributed by atoms with Crippen LogP contribution >= 0.6 is 0 Å². The molecule has 2 heteroatoms. The van der Waals surface area contributed by atoms with Gasteiger partial charge in [-0.3, -0.25) is 0 Å². The molecule has 0 saturated carbocycles. The molecule has 0 spiro atoms. The van der Waals surface area contributed by atoms with Crippen molar-refractivity contribution in [2.75, 3.05) is 18.0 Å². The van der Waals surface area contributed by atoms with Crippen molar-refractivity contribution in [1.82, 2.24) is 0 Å². The Morgan fingerprint density at radius 3 is 2.59 bits per heavy atom. The van der Waals surface area contributed by atoms with Crippen LogP contribution in [-0.2, 0) is 6.42 Å². The van der Waals surface area contributed by atoms with E-state index in [1.807, 2.05) is 0 Å². The zero-order valence-corrected chi connectivity index (χ0v) is 11.0. The lowest BCUT2D eigenvalue weighted by Gasteiger charge is -2.39. The summed E-state index contributed by atoms with van der Waals surface area (Å²) >= 11 is 0. The van der Waals surface area contributed by atoms with Crippen molar-refractivity contribution in [1.29, 1.82) is 0 Å². The van der Waals surface area contributed by atoms with Crippen LogP contribution in [0, 0.1) is 5.92 Å². The van der Waals surface area contributed by atoms with E-state index in [1.54, 1.807) is 0 Å². The summed E-state index contributed by atoms with van der Waals surface area (Å²) < 4.78 is 0. The Labute approximate surface area is 105 Å². The van der Waals surface area contributed by atoms with Crippen molar-refractivity contribution >= 4 is 5.69 Å². The van der Waals surface area contributed by atoms with E-state index in [1.165, 1.54) is 30.6 Å². The maximum absolute atomic E-state index is 5.57. The highest BCUT2D eigenvalue weighted by Crippen LogP contribution is 2.28. The third-order valence-electron chi connectivity index (χ3n) is 4.07. The predicted octanol–water partition coefficient (Wildman–Crippen LogP) is 2.81. The van der Waals surface area contributed by atoms with Crippen LogP contribution in [0.1, 0.15) is 32.3 Å². The third kappa shape index (κ3) is 2.81. The van der Waals surface area contributed by atoms with E-state index in [0.717, 1.165) is 18.9 Å². The SMILES string of the molecule is CC1CCCN(c2ccc(CCN)cc2)C1C. The van der Waals surface area contributed by atoms with Crippen LogP contribution < -0.4 is 10.6 Å². The van der Waals surface area contributed by atoms with E-state index in [9.17, 15) is 0 Å². The number of piperidine rings is 1. The lowest BCUT2D eigenvalue weighted by atomic mass is 9.91. The molecule has 0 amide bonds. The Kier molecular flexibility index (Phi) is 4.06. The van der Waals surface area contributed by atoms with Crippen LogP contribution in [0.15, 0.2) is 24.3 Å². The van der Waals surface area contributed by atoms with Crippen molar-refractivity contribution in [2.24, 2.45) is 11.7 Å². The summed E-state index contributed by atoms with van der Waals surface area (Å²) in [5.74, 6) is 0.799. The minimum Gasteiger partial charge on any atom is -0.369 e. The lowest BCUT2D eigenvalue weighted by molar-refractivity contribution is 0.363. The molecule has 1 heterocycles. The number of nitrogens with two attached hydrogens (primary N) is 1. The minimum atomic E-state index is 0.657. The van der Waals surface area contributed by atoms with Gasteiger partial charge >= 0.3 is 0 Å². The van der Waals surface area contributed by atoms with Gasteiger partial charge in [-0.25, -0.2) is 0 Å². The number of benzene rings is 1. The summed E-state index contributed by atoms with van der Waals surface area (Å²) in [5, 5.41) is 0. The molecule has 1 aromatic rings. The highest BCUT2D eigenvalue weighted by atomic mass is 15.2. The lowest BCUT2D eigenvalue weighted by Crippen LogP contribution is -2.42. The van der Waals surface area contributed by atoms with Gasteiger partial charge in [0.1, 0.15) is 0 Å². The minimum absolute atomic E-state index is 0.657. The van der Waals surface area contributed by atoms with Gasteiger partial charge in [-0.1, -0.05) is 19.1 Å². The number of anilines is 1. The first-order valence-electron chi connectivity index (χ1n) is 6.78.